The van der Waals surface area contributed by atoms with E-state index in [1.54, 1.807) is 0 Å². The number of aromatic nitrogens is 2. The van der Waals surface area contributed by atoms with Crippen molar-refractivity contribution in [1.82, 2.24) is 9.78 Å². The molecule has 1 unspecified atom stereocenters. The standard InChI is InChI=1S/C25H20ClN3O/c1-16-7-5-6-10-20(16)21-15-22(30)27-25-23(21)24(17-11-13-18(26)14-12-17)28-29(25)19-8-3-2-4-9-19/h2-14,21H,15H2,1H3,(H,27,30). The van der Waals surface area contributed by atoms with Crippen molar-refractivity contribution in [1.29, 1.82) is 0 Å². The lowest BCUT2D eigenvalue weighted by atomic mass is 9.82. The molecule has 1 aliphatic rings. The van der Waals surface area contributed by atoms with Gasteiger partial charge in [-0.1, -0.05) is 66.2 Å². The topological polar surface area (TPSA) is 46.9 Å². The van der Waals surface area contributed by atoms with Gasteiger partial charge in [-0.05, 0) is 42.3 Å². The molecule has 0 fully saturated rings. The largest absolute Gasteiger partial charge is 0.310 e. The van der Waals surface area contributed by atoms with E-state index in [0.717, 1.165) is 39.5 Å². The molecule has 0 saturated heterocycles. The fourth-order valence-electron chi connectivity index (χ4n) is 4.17. The molecule has 0 saturated carbocycles. The highest BCUT2D eigenvalue weighted by Gasteiger charge is 2.34. The zero-order chi connectivity index (χ0) is 20.7. The number of aryl methyl sites for hydroxylation is 1. The van der Waals surface area contributed by atoms with Crippen molar-refractivity contribution >= 4 is 23.3 Å². The molecular weight excluding hydrogens is 394 g/mol. The molecule has 1 amide bonds. The first-order chi connectivity index (χ1) is 14.6. The summed E-state index contributed by atoms with van der Waals surface area (Å²) in [6.07, 6.45) is 0.388. The number of hydrogen-bond donors (Lipinski definition) is 1. The summed E-state index contributed by atoms with van der Waals surface area (Å²) in [5.74, 6) is 0.657. The number of amides is 1. The third kappa shape index (κ3) is 3.19. The molecule has 0 spiro atoms. The van der Waals surface area contributed by atoms with E-state index in [-0.39, 0.29) is 11.8 Å². The van der Waals surface area contributed by atoms with Crippen LogP contribution in [0, 0.1) is 6.92 Å². The molecule has 0 bridgehead atoms. The summed E-state index contributed by atoms with van der Waals surface area (Å²) >= 11 is 6.13. The molecule has 1 atom stereocenters. The van der Waals surface area contributed by atoms with Crippen LogP contribution in [-0.2, 0) is 4.79 Å². The van der Waals surface area contributed by atoms with Crippen LogP contribution in [0.15, 0.2) is 78.9 Å². The summed E-state index contributed by atoms with van der Waals surface area (Å²) < 4.78 is 1.83. The minimum Gasteiger partial charge on any atom is -0.310 e. The van der Waals surface area contributed by atoms with Crippen LogP contribution in [0.4, 0.5) is 5.82 Å². The third-order valence-electron chi connectivity index (χ3n) is 5.60. The Morgan fingerprint density at radius 3 is 2.40 bits per heavy atom. The second kappa shape index (κ2) is 7.47. The van der Waals surface area contributed by atoms with E-state index in [0.29, 0.717) is 11.4 Å². The number of anilines is 1. The van der Waals surface area contributed by atoms with Gasteiger partial charge in [-0.2, -0.15) is 5.10 Å². The monoisotopic (exact) mass is 413 g/mol. The van der Waals surface area contributed by atoms with Gasteiger partial charge in [0.15, 0.2) is 0 Å². The van der Waals surface area contributed by atoms with Gasteiger partial charge < -0.3 is 5.32 Å². The van der Waals surface area contributed by atoms with E-state index in [4.69, 9.17) is 16.7 Å². The Morgan fingerprint density at radius 1 is 0.967 bits per heavy atom. The molecule has 3 aromatic carbocycles. The smallest absolute Gasteiger partial charge is 0.226 e. The van der Waals surface area contributed by atoms with E-state index in [2.05, 4.69) is 24.4 Å². The highest BCUT2D eigenvalue weighted by atomic mass is 35.5. The highest BCUT2D eigenvalue weighted by Crippen LogP contribution is 2.44. The summed E-state index contributed by atoms with van der Waals surface area (Å²) in [6.45, 7) is 2.09. The van der Waals surface area contributed by atoms with Gasteiger partial charge in [0.25, 0.3) is 0 Å². The van der Waals surface area contributed by atoms with Crippen molar-refractivity contribution in [3.63, 3.8) is 0 Å². The van der Waals surface area contributed by atoms with Gasteiger partial charge in [0.05, 0.1) is 11.4 Å². The van der Waals surface area contributed by atoms with Crippen molar-refractivity contribution < 1.29 is 4.79 Å². The molecule has 1 aliphatic heterocycles. The molecule has 5 heteroatoms. The first-order valence-electron chi connectivity index (χ1n) is 9.91. The number of benzene rings is 3. The van der Waals surface area contributed by atoms with Crippen molar-refractivity contribution in [2.45, 2.75) is 19.3 Å². The van der Waals surface area contributed by atoms with Gasteiger partial charge in [-0.25, -0.2) is 4.68 Å². The number of para-hydroxylation sites is 1. The van der Waals surface area contributed by atoms with Crippen molar-refractivity contribution in [3.8, 4) is 16.9 Å². The van der Waals surface area contributed by atoms with Crippen LogP contribution in [0.1, 0.15) is 29.0 Å². The predicted octanol–water partition coefficient (Wildman–Crippen LogP) is 5.98. The van der Waals surface area contributed by atoms with Gasteiger partial charge in [0.2, 0.25) is 5.91 Å². The van der Waals surface area contributed by atoms with Crippen molar-refractivity contribution in [2.75, 3.05) is 5.32 Å². The summed E-state index contributed by atoms with van der Waals surface area (Å²) in [7, 11) is 0. The van der Waals surface area contributed by atoms with Crippen molar-refractivity contribution in [3.05, 3.63) is 101 Å². The molecule has 148 valence electrons. The minimum atomic E-state index is -0.0712. The predicted molar refractivity (Wildman–Crippen MR) is 120 cm³/mol. The molecule has 1 aromatic heterocycles. The molecule has 4 aromatic rings. The number of nitrogens with one attached hydrogen (secondary N) is 1. The fourth-order valence-corrected chi connectivity index (χ4v) is 4.30. The highest BCUT2D eigenvalue weighted by molar-refractivity contribution is 6.30. The summed E-state index contributed by atoms with van der Waals surface area (Å²) in [5.41, 5.74) is 6.09. The Morgan fingerprint density at radius 2 is 1.67 bits per heavy atom. The zero-order valence-corrected chi connectivity index (χ0v) is 17.2. The first-order valence-corrected chi connectivity index (χ1v) is 10.3. The summed E-state index contributed by atoms with van der Waals surface area (Å²) in [5, 5.41) is 8.72. The fraction of sp³-hybridized carbons (Fsp3) is 0.120. The number of carbonyl (C=O) groups excluding carboxylic acids is 1. The van der Waals surface area contributed by atoms with Crippen LogP contribution in [0.5, 0.6) is 0 Å². The van der Waals surface area contributed by atoms with Crippen LogP contribution in [0.3, 0.4) is 0 Å². The average molecular weight is 414 g/mol. The second-order valence-corrected chi connectivity index (χ2v) is 7.96. The van der Waals surface area contributed by atoms with Crippen LogP contribution in [0.25, 0.3) is 16.9 Å². The average Bonchev–Trinajstić information content (AvgIpc) is 3.14. The number of fused-ring (bicyclic) bond motifs is 1. The SMILES string of the molecule is Cc1ccccc1C1CC(=O)Nc2c1c(-c1ccc(Cl)cc1)nn2-c1ccccc1. The molecule has 2 heterocycles. The van der Waals surface area contributed by atoms with Gasteiger partial charge >= 0.3 is 0 Å². The van der Waals surface area contributed by atoms with E-state index in [1.807, 2.05) is 71.4 Å². The van der Waals surface area contributed by atoms with Crippen LogP contribution < -0.4 is 5.32 Å². The van der Waals surface area contributed by atoms with Gasteiger partial charge in [0.1, 0.15) is 5.82 Å². The molecule has 4 nitrogen and oxygen atoms in total. The number of rotatable bonds is 3. The number of halogens is 1. The molecule has 30 heavy (non-hydrogen) atoms. The van der Waals surface area contributed by atoms with Gasteiger partial charge in [0, 0.05) is 28.5 Å². The van der Waals surface area contributed by atoms with Crippen LogP contribution in [-0.4, -0.2) is 15.7 Å². The maximum absolute atomic E-state index is 12.7. The van der Waals surface area contributed by atoms with E-state index in [1.165, 1.54) is 0 Å². The van der Waals surface area contributed by atoms with E-state index >= 15 is 0 Å². The molecule has 0 aliphatic carbocycles. The lowest BCUT2D eigenvalue weighted by molar-refractivity contribution is -0.116. The van der Waals surface area contributed by atoms with Crippen LogP contribution >= 0.6 is 11.6 Å². The Kier molecular flexibility index (Phi) is 4.64. The van der Waals surface area contributed by atoms with E-state index in [9.17, 15) is 4.79 Å². The lowest BCUT2D eigenvalue weighted by Gasteiger charge is -2.26. The van der Waals surface area contributed by atoms with Crippen molar-refractivity contribution in [2.24, 2.45) is 0 Å². The Bertz CT molecular complexity index is 1230. The Labute approximate surface area is 180 Å². The van der Waals surface area contributed by atoms with Crippen LogP contribution in [0.2, 0.25) is 5.02 Å². The molecule has 1 N–H and O–H groups in total. The quantitative estimate of drug-likeness (QED) is 0.449. The summed E-state index contributed by atoms with van der Waals surface area (Å²) in [6, 6.07) is 25.8. The number of nitrogens with zero attached hydrogens (tertiary/aromatic N) is 2. The zero-order valence-electron chi connectivity index (χ0n) is 16.5. The molecule has 0 radical (unpaired) electrons. The molecular formula is C25H20ClN3O. The van der Waals surface area contributed by atoms with Gasteiger partial charge in [-0.3, -0.25) is 4.79 Å². The lowest BCUT2D eigenvalue weighted by Crippen LogP contribution is -2.25. The molecule has 5 rings (SSSR count). The first kappa shape index (κ1) is 18.6. The summed E-state index contributed by atoms with van der Waals surface area (Å²) in [4.78, 5) is 12.7. The normalized spacial score (nSPS) is 15.5. The van der Waals surface area contributed by atoms with Gasteiger partial charge in [-0.15, -0.1) is 0 Å². The maximum Gasteiger partial charge on any atom is 0.226 e. The third-order valence-corrected chi connectivity index (χ3v) is 5.85. The minimum absolute atomic E-state index is 0.00418. The Hall–Kier alpha value is -3.37. The Balaban J connectivity index is 1.79. The van der Waals surface area contributed by atoms with E-state index < -0.39 is 0 Å². The number of hydrogen-bond acceptors (Lipinski definition) is 2. The second-order valence-electron chi connectivity index (χ2n) is 7.53. The number of carbonyl (C=O) groups is 1. The maximum atomic E-state index is 12.7.